The molecule has 0 atom stereocenters. The molecule has 0 radical (unpaired) electrons. The molecule has 0 amide bonds. The second kappa shape index (κ2) is 8.58. The molecule has 0 fully saturated rings. The molecule has 8 heteroatoms. The maximum atomic E-state index is 6.12. The normalized spacial score (nSPS) is 11.9. The van der Waals surface area contributed by atoms with Crippen LogP contribution >= 0.6 is 0 Å². The SMILES string of the molecule is COc1ccccc1Oc1c(N)ncnc1OCCO[Si](C)(C)C(C)(C)C. The van der Waals surface area contributed by atoms with E-state index in [0.29, 0.717) is 24.7 Å². The lowest BCUT2D eigenvalue weighted by Gasteiger charge is -2.36. The lowest BCUT2D eigenvalue weighted by molar-refractivity contribution is 0.195. The van der Waals surface area contributed by atoms with Gasteiger partial charge in [0.1, 0.15) is 12.9 Å². The number of nitrogen functional groups attached to an aromatic ring is 1. The summed E-state index contributed by atoms with van der Waals surface area (Å²) < 4.78 is 23.1. The Morgan fingerprint density at radius 1 is 1.04 bits per heavy atom. The van der Waals surface area contributed by atoms with Gasteiger partial charge in [0.05, 0.1) is 13.7 Å². The van der Waals surface area contributed by atoms with E-state index in [2.05, 4.69) is 43.8 Å². The van der Waals surface area contributed by atoms with Gasteiger partial charge in [0, 0.05) is 0 Å². The third kappa shape index (κ3) is 5.33. The highest BCUT2D eigenvalue weighted by Crippen LogP contribution is 2.38. The number of nitrogens with zero attached hydrogens (tertiary/aromatic N) is 2. The minimum atomic E-state index is -1.83. The zero-order chi connectivity index (χ0) is 20.1. The fraction of sp³-hybridized carbons (Fsp3) is 0.474. The minimum Gasteiger partial charge on any atom is -0.493 e. The van der Waals surface area contributed by atoms with Gasteiger partial charge in [-0.15, -0.1) is 0 Å². The Hall–Kier alpha value is -2.32. The molecule has 0 spiro atoms. The summed E-state index contributed by atoms with van der Waals surface area (Å²) in [4.78, 5) is 8.14. The number of nitrogens with two attached hydrogens (primary N) is 1. The van der Waals surface area contributed by atoms with Crippen LogP contribution in [-0.2, 0) is 4.43 Å². The first kappa shape index (κ1) is 21.0. The van der Waals surface area contributed by atoms with E-state index in [0.717, 1.165) is 0 Å². The van der Waals surface area contributed by atoms with Gasteiger partial charge in [0.15, 0.2) is 25.6 Å². The number of hydrogen-bond acceptors (Lipinski definition) is 7. The average Bonchev–Trinajstić information content (AvgIpc) is 2.60. The molecular weight excluding hydrogens is 362 g/mol. The Morgan fingerprint density at radius 3 is 2.33 bits per heavy atom. The van der Waals surface area contributed by atoms with Crippen molar-refractivity contribution in [2.45, 2.75) is 38.9 Å². The zero-order valence-electron chi connectivity index (χ0n) is 16.9. The molecule has 1 aromatic heterocycles. The summed E-state index contributed by atoms with van der Waals surface area (Å²) in [7, 11) is -0.254. The molecule has 2 N–H and O–H groups in total. The molecule has 0 saturated heterocycles. The molecule has 148 valence electrons. The summed E-state index contributed by atoms with van der Waals surface area (Å²) in [6.45, 7) is 11.8. The fourth-order valence-corrected chi connectivity index (χ4v) is 3.06. The van der Waals surface area contributed by atoms with Crippen LogP contribution in [0.1, 0.15) is 20.8 Å². The van der Waals surface area contributed by atoms with Gasteiger partial charge in [0.2, 0.25) is 5.75 Å². The Balaban J connectivity index is 2.07. The second-order valence-electron chi connectivity index (χ2n) is 7.60. The third-order valence-corrected chi connectivity index (χ3v) is 9.21. The number of hydrogen-bond donors (Lipinski definition) is 1. The van der Waals surface area contributed by atoms with Gasteiger partial charge < -0.3 is 24.4 Å². The van der Waals surface area contributed by atoms with E-state index in [1.165, 1.54) is 6.33 Å². The molecule has 2 rings (SSSR count). The van der Waals surface area contributed by atoms with E-state index in [1.807, 2.05) is 12.1 Å². The maximum absolute atomic E-state index is 6.12. The third-order valence-electron chi connectivity index (χ3n) is 4.67. The van der Waals surface area contributed by atoms with Crippen molar-refractivity contribution in [1.29, 1.82) is 0 Å². The quantitative estimate of drug-likeness (QED) is 0.531. The van der Waals surface area contributed by atoms with Crippen LogP contribution in [-0.4, -0.2) is 38.6 Å². The van der Waals surface area contributed by atoms with Gasteiger partial charge in [-0.2, -0.15) is 4.98 Å². The molecule has 0 bridgehead atoms. The van der Waals surface area contributed by atoms with Crippen LogP contribution in [0.4, 0.5) is 5.82 Å². The minimum absolute atomic E-state index is 0.143. The van der Waals surface area contributed by atoms with Gasteiger partial charge in [-0.25, -0.2) is 4.98 Å². The topological polar surface area (TPSA) is 88.7 Å². The molecule has 7 nitrogen and oxygen atoms in total. The van der Waals surface area contributed by atoms with E-state index < -0.39 is 8.32 Å². The number of aromatic nitrogens is 2. The number of anilines is 1. The standard InChI is InChI=1S/C19H29N3O4Si/c1-19(2,3)27(5,6)25-12-11-24-18-16(17(20)21-13-22-18)26-15-10-8-7-9-14(15)23-4/h7-10,13H,11-12H2,1-6H3,(H2,20,21,22). The lowest BCUT2D eigenvalue weighted by atomic mass is 10.2. The van der Waals surface area contributed by atoms with Crippen LogP contribution in [0, 0.1) is 0 Å². The highest BCUT2D eigenvalue weighted by molar-refractivity contribution is 6.74. The van der Waals surface area contributed by atoms with Crippen molar-refractivity contribution in [2.75, 3.05) is 26.1 Å². The predicted octanol–water partition coefficient (Wildman–Crippen LogP) is 4.26. The lowest BCUT2D eigenvalue weighted by Crippen LogP contribution is -2.41. The van der Waals surface area contributed by atoms with Crippen molar-refractivity contribution < 1.29 is 18.6 Å². The Bertz CT molecular complexity index is 763. The van der Waals surface area contributed by atoms with Gasteiger partial charge >= 0.3 is 0 Å². The van der Waals surface area contributed by atoms with E-state index in [1.54, 1.807) is 19.2 Å². The molecule has 27 heavy (non-hydrogen) atoms. The first-order chi connectivity index (χ1) is 12.7. The number of methoxy groups -OCH3 is 1. The maximum Gasteiger partial charge on any atom is 0.263 e. The molecule has 0 aliphatic heterocycles. The van der Waals surface area contributed by atoms with Crippen molar-refractivity contribution in [1.82, 2.24) is 9.97 Å². The summed E-state index contributed by atoms with van der Waals surface area (Å²) in [5, 5.41) is 0.143. The van der Waals surface area contributed by atoms with Crippen LogP contribution in [0.25, 0.3) is 0 Å². The van der Waals surface area contributed by atoms with Crippen LogP contribution in [0.5, 0.6) is 23.1 Å². The van der Waals surface area contributed by atoms with Crippen molar-refractivity contribution in [2.24, 2.45) is 0 Å². The monoisotopic (exact) mass is 391 g/mol. The smallest absolute Gasteiger partial charge is 0.263 e. The van der Waals surface area contributed by atoms with Gasteiger partial charge in [-0.1, -0.05) is 32.9 Å². The summed E-state index contributed by atoms with van der Waals surface area (Å²) in [5.41, 5.74) is 5.97. The van der Waals surface area contributed by atoms with Crippen LogP contribution in [0.15, 0.2) is 30.6 Å². The van der Waals surface area contributed by atoms with Crippen LogP contribution < -0.4 is 19.9 Å². The van der Waals surface area contributed by atoms with Gasteiger partial charge in [0.25, 0.3) is 5.88 Å². The van der Waals surface area contributed by atoms with Crippen molar-refractivity contribution >= 4 is 14.1 Å². The molecule has 2 aromatic rings. The van der Waals surface area contributed by atoms with Crippen LogP contribution in [0.2, 0.25) is 18.1 Å². The molecule has 0 saturated carbocycles. The Labute approximate surface area is 162 Å². The molecule has 0 unspecified atom stereocenters. The average molecular weight is 392 g/mol. The Morgan fingerprint density at radius 2 is 1.70 bits per heavy atom. The number of rotatable bonds is 8. The summed E-state index contributed by atoms with van der Waals surface area (Å²) >= 11 is 0. The predicted molar refractivity (Wildman–Crippen MR) is 108 cm³/mol. The molecule has 0 aliphatic rings. The summed E-state index contributed by atoms with van der Waals surface area (Å²) in [5.74, 6) is 1.80. The van der Waals surface area contributed by atoms with Crippen molar-refractivity contribution in [3.63, 3.8) is 0 Å². The Kier molecular flexibility index (Phi) is 6.67. The largest absolute Gasteiger partial charge is 0.493 e. The first-order valence-corrected chi connectivity index (χ1v) is 11.7. The van der Waals surface area contributed by atoms with Crippen molar-refractivity contribution in [3.8, 4) is 23.1 Å². The van der Waals surface area contributed by atoms with Gasteiger partial charge in [-0.05, 0) is 30.3 Å². The van der Waals surface area contributed by atoms with Crippen molar-refractivity contribution in [3.05, 3.63) is 30.6 Å². The number of benzene rings is 1. The highest BCUT2D eigenvalue weighted by atomic mass is 28.4. The first-order valence-electron chi connectivity index (χ1n) is 8.84. The van der Waals surface area contributed by atoms with Crippen LogP contribution in [0.3, 0.4) is 0 Å². The van der Waals surface area contributed by atoms with E-state index in [-0.39, 0.29) is 22.5 Å². The van der Waals surface area contributed by atoms with E-state index in [9.17, 15) is 0 Å². The summed E-state index contributed by atoms with van der Waals surface area (Å²) in [6, 6.07) is 7.26. The zero-order valence-corrected chi connectivity index (χ0v) is 17.9. The molecular formula is C19H29N3O4Si. The summed E-state index contributed by atoms with van der Waals surface area (Å²) in [6.07, 6.45) is 1.34. The fourth-order valence-electron chi connectivity index (χ4n) is 2.03. The second-order valence-corrected chi connectivity index (χ2v) is 12.4. The van der Waals surface area contributed by atoms with E-state index >= 15 is 0 Å². The number of para-hydroxylation sites is 2. The van der Waals surface area contributed by atoms with Gasteiger partial charge in [-0.3, -0.25) is 0 Å². The number of ether oxygens (including phenoxy) is 3. The highest BCUT2D eigenvalue weighted by Gasteiger charge is 2.36. The van der Waals surface area contributed by atoms with E-state index in [4.69, 9.17) is 24.4 Å². The molecule has 1 heterocycles. The molecule has 1 aromatic carbocycles. The molecule has 0 aliphatic carbocycles.